The van der Waals surface area contributed by atoms with Crippen molar-refractivity contribution in [2.75, 3.05) is 0 Å². The molecule has 0 aliphatic carbocycles. The predicted octanol–water partition coefficient (Wildman–Crippen LogP) is 2.75. The molecule has 0 aliphatic heterocycles. The number of rotatable bonds is 2. The van der Waals surface area contributed by atoms with Crippen LogP contribution in [-0.4, -0.2) is 15.0 Å². The third-order valence-electron chi connectivity index (χ3n) is 2.13. The number of hydrogen-bond acceptors (Lipinski definition) is 2. The molecule has 0 fully saturated rings. The lowest BCUT2D eigenvalue weighted by Crippen LogP contribution is -2.02. The highest BCUT2D eigenvalue weighted by atomic mass is 79.9. The van der Waals surface area contributed by atoms with E-state index in [1.807, 2.05) is 0 Å². The third-order valence-corrected chi connectivity index (χ3v) is 2.66. The Morgan fingerprint density at radius 3 is 2.62 bits per heavy atom. The van der Waals surface area contributed by atoms with Gasteiger partial charge in [0.25, 0.3) is 0 Å². The largest absolute Gasteiger partial charge is 0.207 e. The molecule has 0 unspecified atom stereocenters. The van der Waals surface area contributed by atoms with Crippen molar-refractivity contribution in [3.63, 3.8) is 0 Å². The molecule has 1 heterocycles. The van der Waals surface area contributed by atoms with E-state index in [1.165, 1.54) is 16.9 Å². The van der Waals surface area contributed by atoms with Crippen molar-refractivity contribution in [2.24, 2.45) is 0 Å². The molecule has 6 heteroatoms. The number of benzene rings is 1. The first kappa shape index (κ1) is 11.2. The molecule has 0 atom stereocenters. The second-order valence-corrected chi connectivity index (χ2v) is 3.81. The van der Waals surface area contributed by atoms with Gasteiger partial charge in [0.15, 0.2) is 5.82 Å². The first-order chi connectivity index (χ1) is 7.61. The Morgan fingerprint density at radius 2 is 2.06 bits per heavy atom. The van der Waals surface area contributed by atoms with Crippen LogP contribution in [0.4, 0.5) is 8.78 Å². The Morgan fingerprint density at radius 1 is 1.31 bits per heavy atom. The average Bonchev–Trinajstić information content (AvgIpc) is 2.59. The first-order valence-electron chi connectivity index (χ1n) is 4.56. The van der Waals surface area contributed by atoms with Gasteiger partial charge in [-0.1, -0.05) is 15.9 Å². The van der Waals surface area contributed by atoms with Crippen molar-refractivity contribution in [1.29, 1.82) is 0 Å². The second kappa shape index (κ2) is 4.29. The summed E-state index contributed by atoms with van der Waals surface area (Å²) in [6, 6.07) is 3.29. The van der Waals surface area contributed by atoms with Crippen molar-refractivity contribution < 1.29 is 8.78 Å². The fourth-order valence-corrected chi connectivity index (χ4v) is 1.80. The molecule has 0 saturated carbocycles. The molecule has 2 rings (SSSR count). The molecular formula is C10H8BrF2N3. The molecule has 84 valence electrons. The number of alkyl halides is 1. The fraction of sp³-hybridized carbons (Fsp3) is 0.200. The average molecular weight is 288 g/mol. The number of aryl methyl sites for hydroxylation is 1. The Labute approximate surface area is 99.2 Å². The van der Waals surface area contributed by atoms with Crippen LogP contribution in [0.1, 0.15) is 11.4 Å². The summed E-state index contributed by atoms with van der Waals surface area (Å²) in [5.74, 6) is -1.30. The maximum atomic E-state index is 13.4. The molecule has 1 aromatic carbocycles. The molecule has 0 saturated heterocycles. The van der Waals surface area contributed by atoms with Crippen LogP contribution in [0.2, 0.25) is 0 Å². The van der Waals surface area contributed by atoms with Crippen LogP contribution in [0, 0.1) is 18.6 Å². The number of halogens is 3. The SMILES string of the molecule is Cc1nn(-c2ccc(F)cc2F)nc1CBr. The highest BCUT2D eigenvalue weighted by molar-refractivity contribution is 9.08. The lowest BCUT2D eigenvalue weighted by atomic mass is 10.3. The van der Waals surface area contributed by atoms with Crippen LogP contribution in [0.25, 0.3) is 5.69 Å². The van der Waals surface area contributed by atoms with E-state index >= 15 is 0 Å². The van der Waals surface area contributed by atoms with Gasteiger partial charge in [-0.15, -0.1) is 4.80 Å². The number of aromatic nitrogens is 3. The Bertz CT molecular complexity index is 525. The minimum Gasteiger partial charge on any atom is -0.207 e. The molecule has 0 bridgehead atoms. The van der Waals surface area contributed by atoms with Crippen molar-refractivity contribution >= 4 is 15.9 Å². The maximum Gasteiger partial charge on any atom is 0.153 e. The molecule has 0 radical (unpaired) electrons. The summed E-state index contributed by atoms with van der Waals surface area (Å²) in [6.07, 6.45) is 0. The Hall–Kier alpha value is -1.30. The van der Waals surface area contributed by atoms with E-state index in [1.54, 1.807) is 6.92 Å². The summed E-state index contributed by atoms with van der Waals surface area (Å²) in [5.41, 5.74) is 1.57. The number of nitrogens with zero attached hydrogens (tertiary/aromatic N) is 3. The monoisotopic (exact) mass is 287 g/mol. The van der Waals surface area contributed by atoms with Gasteiger partial charge in [0.05, 0.1) is 11.4 Å². The lowest BCUT2D eigenvalue weighted by molar-refractivity contribution is 0.565. The van der Waals surface area contributed by atoms with Crippen LogP contribution in [-0.2, 0) is 5.33 Å². The lowest BCUT2D eigenvalue weighted by Gasteiger charge is -2.00. The zero-order chi connectivity index (χ0) is 11.7. The molecule has 0 amide bonds. The van der Waals surface area contributed by atoms with E-state index in [0.717, 1.165) is 11.8 Å². The van der Waals surface area contributed by atoms with Gasteiger partial charge in [-0.05, 0) is 19.1 Å². The predicted molar refractivity (Wildman–Crippen MR) is 58.6 cm³/mol. The Balaban J connectivity index is 2.50. The third kappa shape index (κ3) is 1.97. The van der Waals surface area contributed by atoms with Gasteiger partial charge in [-0.3, -0.25) is 0 Å². The van der Waals surface area contributed by atoms with Gasteiger partial charge in [0.1, 0.15) is 11.5 Å². The summed E-state index contributed by atoms with van der Waals surface area (Å²) in [6.45, 7) is 1.78. The van der Waals surface area contributed by atoms with E-state index in [0.29, 0.717) is 11.0 Å². The van der Waals surface area contributed by atoms with E-state index in [2.05, 4.69) is 26.1 Å². The Kier molecular flexibility index (Phi) is 3.00. The summed E-state index contributed by atoms with van der Waals surface area (Å²) < 4.78 is 26.1. The van der Waals surface area contributed by atoms with Crippen LogP contribution in [0.15, 0.2) is 18.2 Å². The zero-order valence-corrected chi connectivity index (χ0v) is 10.0. The quantitative estimate of drug-likeness (QED) is 0.795. The van der Waals surface area contributed by atoms with Crippen molar-refractivity contribution in [3.8, 4) is 5.69 Å². The molecular weight excluding hydrogens is 280 g/mol. The van der Waals surface area contributed by atoms with Crippen LogP contribution >= 0.6 is 15.9 Å². The van der Waals surface area contributed by atoms with Gasteiger partial charge < -0.3 is 0 Å². The van der Waals surface area contributed by atoms with E-state index in [9.17, 15) is 8.78 Å². The normalized spacial score (nSPS) is 10.8. The summed E-state index contributed by atoms with van der Waals surface area (Å²) in [5, 5.41) is 8.68. The number of hydrogen-bond donors (Lipinski definition) is 0. The zero-order valence-electron chi connectivity index (χ0n) is 8.41. The molecule has 0 N–H and O–H groups in total. The van der Waals surface area contributed by atoms with Crippen molar-refractivity contribution in [1.82, 2.24) is 15.0 Å². The van der Waals surface area contributed by atoms with E-state index in [4.69, 9.17) is 0 Å². The standard InChI is InChI=1S/C10H8BrF2N3/c1-6-9(5-11)15-16(14-6)10-3-2-7(12)4-8(10)13/h2-4H,5H2,1H3. The van der Waals surface area contributed by atoms with Crippen LogP contribution in [0.3, 0.4) is 0 Å². The highest BCUT2D eigenvalue weighted by Crippen LogP contribution is 2.15. The van der Waals surface area contributed by atoms with Crippen molar-refractivity contribution in [3.05, 3.63) is 41.2 Å². The highest BCUT2D eigenvalue weighted by Gasteiger charge is 2.11. The van der Waals surface area contributed by atoms with Crippen molar-refractivity contribution in [2.45, 2.75) is 12.3 Å². The van der Waals surface area contributed by atoms with Gasteiger partial charge in [0, 0.05) is 11.4 Å². The summed E-state index contributed by atoms with van der Waals surface area (Å²) in [4.78, 5) is 1.17. The minimum atomic E-state index is -0.684. The molecule has 16 heavy (non-hydrogen) atoms. The smallest absolute Gasteiger partial charge is 0.153 e. The van der Waals surface area contributed by atoms with Gasteiger partial charge in [-0.25, -0.2) is 8.78 Å². The van der Waals surface area contributed by atoms with E-state index in [-0.39, 0.29) is 5.69 Å². The molecule has 0 spiro atoms. The second-order valence-electron chi connectivity index (χ2n) is 3.25. The topological polar surface area (TPSA) is 30.7 Å². The molecule has 3 nitrogen and oxygen atoms in total. The minimum absolute atomic E-state index is 0.136. The maximum absolute atomic E-state index is 13.4. The summed E-state index contributed by atoms with van der Waals surface area (Å²) in [7, 11) is 0. The van der Waals surface area contributed by atoms with Crippen LogP contribution < -0.4 is 0 Å². The van der Waals surface area contributed by atoms with Gasteiger partial charge in [-0.2, -0.15) is 10.2 Å². The molecule has 1 aromatic heterocycles. The molecule has 2 aromatic rings. The molecule has 0 aliphatic rings. The van der Waals surface area contributed by atoms with Gasteiger partial charge in [0.2, 0.25) is 0 Å². The van der Waals surface area contributed by atoms with Crippen LogP contribution in [0.5, 0.6) is 0 Å². The first-order valence-corrected chi connectivity index (χ1v) is 5.68. The fourth-order valence-electron chi connectivity index (χ4n) is 1.28. The van der Waals surface area contributed by atoms with Gasteiger partial charge >= 0.3 is 0 Å². The van der Waals surface area contributed by atoms with E-state index < -0.39 is 11.6 Å². The summed E-state index contributed by atoms with van der Waals surface area (Å²) >= 11 is 3.25.